The van der Waals surface area contributed by atoms with E-state index in [1.165, 1.54) is 0 Å². The standard InChI is InChI=1S/C14H23NO4/c1-4-7-9-12(13(16)18-11-8-5-2)15-14(17)19-10-6-3/h3,12H,4-5,7-11H2,1-2H3,(H,15,17). The first-order valence-electron chi connectivity index (χ1n) is 6.69. The lowest BCUT2D eigenvalue weighted by Gasteiger charge is -2.16. The summed E-state index contributed by atoms with van der Waals surface area (Å²) in [5.41, 5.74) is 0. The Morgan fingerprint density at radius 2 is 1.89 bits per heavy atom. The largest absolute Gasteiger partial charge is 0.464 e. The van der Waals surface area contributed by atoms with E-state index in [9.17, 15) is 9.59 Å². The Morgan fingerprint density at radius 3 is 2.47 bits per heavy atom. The highest BCUT2D eigenvalue weighted by atomic mass is 16.6. The van der Waals surface area contributed by atoms with Crippen LogP contribution >= 0.6 is 0 Å². The topological polar surface area (TPSA) is 64.6 Å². The van der Waals surface area contributed by atoms with E-state index in [2.05, 4.69) is 16.0 Å². The van der Waals surface area contributed by atoms with Gasteiger partial charge in [0.25, 0.3) is 0 Å². The van der Waals surface area contributed by atoms with E-state index in [1.807, 2.05) is 13.8 Å². The molecule has 0 aromatic heterocycles. The Morgan fingerprint density at radius 1 is 1.21 bits per heavy atom. The monoisotopic (exact) mass is 269 g/mol. The summed E-state index contributed by atoms with van der Waals surface area (Å²) in [6, 6.07) is -0.665. The zero-order chi connectivity index (χ0) is 14.5. The summed E-state index contributed by atoms with van der Waals surface area (Å²) in [7, 11) is 0. The van der Waals surface area contributed by atoms with E-state index >= 15 is 0 Å². The lowest BCUT2D eigenvalue weighted by molar-refractivity contribution is -0.146. The normalized spacial score (nSPS) is 11.2. The molecule has 0 bridgehead atoms. The van der Waals surface area contributed by atoms with Gasteiger partial charge in [-0.05, 0) is 12.8 Å². The van der Waals surface area contributed by atoms with Crippen molar-refractivity contribution in [2.45, 2.75) is 52.0 Å². The summed E-state index contributed by atoms with van der Waals surface area (Å²) in [5, 5.41) is 2.48. The van der Waals surface area contributed by atoms with Crippen LogP contribution in [0.25, 0.3) is 0 Å². The van der Waals surface area contributed by atoms with Gasteiger partial charge >= 0.3 is 12.1 Å². The van der Waals surface area contributed by atoms with Gasteiger partial charge in [0.05, 0.1) is 6.61 Å². The van der Waals surface area contributed by atoms with Crippen LogP contribution in [0.4, 0.5) is 4.79 Å². The molecule has 0 spiro atoms. The second-order valence-corrected chi connectivity index (χ2v) is 4.14. The third-order valence-corrected chi connectivity index (χ3v) is 2.45. The fourth-order valence-electron chi connectivity index (χ4n) is 1.37. The fraction of sp³-hybridized carbons (Fsp3) is 0.714. The van der Waals surface area contributed by atoms with Crippen molar-refractivity contribution in [2.24, 2.45) is 0 Å². The molecule has 5 nitrogen and oxygen atoms in total. The summed E-state index contributed by atoms with van der Waals surface area (Å²) in [6.45, 7) is 4.28. The molecule has 1 atom stereocenters. The van der Waals surface area contributed by atoms with Gasteiger partial charge in [-0.15, -0.1) is 6.42 Å². The van der Waals surface area contributed by atoms with Crippen molar-refractivity contribution in [3.63, 3.8) is 0 Å². The molecule has 1 N–H and O–H groups in total. The van der Waals surface area contributed by atoms with Crippen LogP contribution in [0, 0.1) is 12.3 Å². The Bertz CT molecular complexity index is 309. The molecule has 0 aromatic rings. The number of carbonyl (C=O) groups excluding carboxylic acids is 2. The average molecular weight is 269 g/mol. The second kappa shape index (κ2) is 11.4. The van der Waals surface area contributed by atoms with Crippen LogP contribution in [0.2, 0.25) is 0 Å². The summed E-state index contributed by atoms with van der Waals surface area (Å²) >= 11 is 0. The molecule has 0 aliphatic heterocycles. The van der Waals surface area contributed by atoms with Crippen LogP contribution in [-0.2, 0) is 14.3 Å². The Hall–Kier alpha value is -1.70. The van der Waals surface area contributed by atoms with Crippen molar-refractivity contribution in [1.29, 1.82) is 0 Å². The summed E-state index contributed by atoms with van der Waals surface area (Å²) < 4.78 is 9.78. The van der Waals surface area contributed by atoms with Crippen LogP contribution < -0.4 is 5.32 Å². The maximum Gasteiger partial charge on any atom is 0.408 e. The Kier molecular flexibility index (Phi) is 10.4. The highest BCUT2D eigenvalue weighted by Gasteiger charge is 2.22. The van der Waals surface area contributed by atoms with Crippen LogP contribution in [0.5, 0.6) is 0 Å². The minimum Gasteiger partial charge on any atom is -0.464 e. The van der Waals surface area contributed by atoms with Crippen LogP contribution in [0.3, 0.4) is 0 Å². The number of hydrogen-bond acceptors (Lipinski definition) is 4. The molecule has 1 amide bonds. The molecule has 0 rings (SSSR count). The molecule has 0 radical (unpaired) electrons. The molecule has 1 unspecified atom stereocenters. The van der Waals surface area contributed by atoms with Gasteiger partial charge in [-0.2, -0.15) is 0 Å². The predicted molar refractivity (Wildman–Crippen MR) is 72.5 cm³/mol. The van der Waals surface area contributed by atoms with Crippen LogP contribution in [0.1, 0.15) is 46.0 Å². The summed E-state index contributed by atoms with van der Waals surface area (Å²) in [6.07, 6.45) is 8.34. The van der Waals surface area contributed by atoms with Gasteiger partial charge in [-0.3, -0.25) is 0 Å². The van der Waals surface area contributed by atoms with Crippen molar-refractivity contribution in [3.05, 3.63) is 0 Å². The number of alkyl carbamates (subject to hydrolysis) is 1. The zero-order valence-corrected chi connectivity index (χ0v) is 11.7. The third-order valence-electron chi connectivity index (χ3n) is 2.45. The van der Waals surface area contributed by atoms with E-state index in [-0.39, 0.29) is 6.61 Å². The molecule has 108 valence electrons. The average Bonchev–Trinajstić information content (AvgIpc) is 2.41. The number of esters is 1. The fourth-order valence-corrected chi connectivity index (χ4v) is 1.37. The van der Waals surface area contributed by atoms with Gasteiger partial charge < -0.3 is 14.8 Å². The van der Waals surface area contributed by atoms with Crippen molar-refractivity contribution >= 4 is 12.1 Å². The number of nitrogens with one attached hydrogen (secondary N) is 1. The highest BCUT2D eigenvalue weighted by molar-refractivity contribution is 5.81. The van der Waals surface area contributed by atoms with E-state index in [1.54, 1.807) is 0 Å². The maximum atomic E-state index is 11.8. The second-order valence-electron chi connectivity index (χ2n) is 4.14. The van der Waals surface area contributed by atoms with Gasteiger partial charge in [0.15, 0.2) is 6.61 Å². The Labute approximate surface area is 115 Å². The molecule has 0 saturated heterocycles. The lowest BCUT2D eigenvalue weighted by atomic mass is 10.1. The van der Waals surface area contributed by atoms with Gasteiger partial charge in [0.2, 0.25) is 0 Å². The van der Waals surface area contributed by atoms with Gasteiger partial charge in [-0.1, -0.05) is 39.0 Å². The maximum absolute atomic E-state index is 11.8. The summed E-state index contributed by atoms with van der Waals surface area (Å²) in [4.78, 5) is 23.2. The first kappa shape index (κ1) is 17.3. The third kappa shape index (κ3) is 8.95. The molecular formula is C14H23NO4. The number of hydrogen-bond donors (Lipinski definition) is 1. The van der Waals surface area contributed by atoms with Crippen LogP contribution in [0.15, 0.2) is 0 Å². The van der Waals surface area contributed by atoms with Gasteiger partial charge in [-0.25, -0.2) is 9.59 Å². The van der Waals surface area contributed by atoms with Crippen molar-refractivity contribution in [3.8, 4) is 12.3 Å². The summed E-state index contributed by atoms with van der Waals surface area (Å²) in [5.74, 6) is 1.77. The first-order valence-corrected chi connectivity index (χ1v) is 6.69. The molecule has 19 heavy (non-hydrogen) atoms. The van der Waals surface area contributed by atoms with E-state index in [0.717, 1.165) is 25.7 Å². The molecule has 0 aromatic carbocycles. The Balaban J connectivity index is 4.23. The quantitative estimate of drug-likeness (QED) is 0.396. The molecule has 0 fully saturated rings. The number of unbranched alkanes of at least 4 members (excludes halogenated alkanes) is 2. The van der Waals surface area contributed by atoms with Gasteiger partial charge in [0, 0.05) is 0 Å². The number of carbonyl (C=O) groups is 2. The molecule has 0 aliphatic carbocycles. The van der Waals surface area contributed by atoms with Crippen LogP contribution in [-0.4, -0.2) is 31.3 Å². The predicted octanol–water partition coefficient (Wildman–Crippen LogP) is 2.25. The minimum atomic E-state index is -0.688. The highest BCUT2D eigenvalue weighted by Crippen LogP contribution is 2.04. The molecule has 0 aliphatic rings. The van der Waals surface area contributed by atoms with Crippen molar-refractivity contribution in [2.75, 3.05) is 13.2 Å². The van der Waals surface area contributed by atoms with E-state index in [4.69, 9.17) is 11.2 Å². The van der Waals surface area contributed by atoms with E-state index < -0.39 is 18.1 Å². The van der Waals surface area contributed by atoms with Crippen molar-refractivity contribution < 1.29 is 19.1 Å². The minimum absolute atomic E-state index is 0.114. The number of amides is 1. The van der Waals surface area contributed by atoms with Crippen molar-refractivity contribution in [1.82, 2.24) is 5.32 Å². The number of terminal acetylenes is 1. The zero-order valence-electron chi connectivity index (χ0n) is 11.7. The molecule has 0 heterocycles. The smallest absolute Gasteiger partial charge is 0.408 e. The molecule has 5 heteroatoms. The SMILES string of the molecule is C#CCOC(=O)NC(CCCC)C(=O)OCCCC. The molecular weight excluding hydrogens is 246 g/mol. The lowest BCUT2D eigenvalue weighted by Crippen LogP contribution is -2.42. The van der Waals surface area contributed by atoms with E-state index in [0.29, 0.717) is 13.0 Å². The number of ether oxygens (including phenoxy) is 2. The number of rotatable bonds is 9. The molecule has 0 saturated carbocycles. The van der Waals surface area contributed by atoms with Gasteiger partial charge in [0.1, 0.15) is 6.04 Å². The first-order chi connectivity index (χ1) is 9.15.